The van der Waals surface area contributed by atoms with Crippen LogP contribution in [0.15, 0.2) is 60.7 Å². The molecule has 2 heterocycles. The van der Waals surface area contributed by atoms with Crippen molar-refractivity contribution in [3.8, 4) is 0 Å². The molecular formula is C26H25N3O4. The van der Waals surface area contributed by atoms with E-state index >= 15 is 0 Å². The molecule has 5 rings (SSSR count). The van der Waals surface area contributed by atoms with Crippen molar-refractivity contribution in [2.45, 2.75) is 12.8 Å². The Morgan fingerprint density at radius 2 is 1.55 bits per heavy atom. The van der Waals surface area contributed by atoms with Gasteiger partial charge in [-0.05, 0) is 36.1 Å². The van der Waals surface area contributed by atoms with Crippen LogP contribution >= 0.6 is 0 Å². The van der Waals surface area contributed by atoms with Crippen LogP contribution in [0.1, 0.15) is 33.6 Å². The Labute approximate surface area is 191 Å². The van der Waals surface area contributed by atoms with Gasteiger partial charge in [0.2, 0.25) is 5.91 Å². The minimum atomic E-state index is -0.303. The van der Waals surface area contributed by atoms with Gasteiger partial charge in [-0.2, -0.15) is 0 Å². The van der Waals surface area contributed by atoms with Crippen molar-refractivity contribution in [1.82, 2.24) is 4.90 Å². The van der Waals surface area contributed by atoms with E-state index in [1.165, 1.54) is 4.90 Å². The third-order valence-electron chi connectivity index (χ3n) is 6.17. The highest BCUT2D eigenvalue weighted by molar-refractivity contribution is 6.25. The number of anilines is 2. The number of hydrogen-bond acceptors (Lipinski definition) is 5. The Morgan fingerprint density at radius 3 is 2.24 bits per heavy atom. The largest absolute Gasteiger partial charge is 0.378 e. The molecule has 3 amide bonds. The lowest BCUT2D eigenvalue weighted by atomic mass is 9.94. The van der Waals surface area contributed by atoms with Crippen LogP contribution in [0.5, 0.6) is 0 Å². The molecule has 1 N–H and O–H groups in total. The Bertz CT molecular complexity index is 1180. The third kappa shape index (κ3) is 4.07. The smallest absolute Gasteiger partial charge is 0.261 e. The van der Waals surface area contributed by atoms with E-state index in [1.807, 2.05) is 48.5 Å². The molecule has 3 aromatic rings. The molecule has 3 aromatic carbocycles. The van der Waals surface area contributed by atoms with Crippen molar-refractivity contribution in [1.29, 1.82) is 0 Å². The maximum Gasteiger partial charge on any atom is 0.261 e. The van der Waals surface area contributed by atoms with Crippen LogP contribution in [0.25, 0.3) is 10.8 Å². The number of imide groups is 1. The van der Waals surface area contributed by atoms with Crippen molar-refractivity contribution >= 4 is 39.9 Å². The molecule has 168 valence electrons. The second-order valence-corrected chi connectivity index (χ2v) is 8.24. The van der Waals surface area contributed by atoms with E-state index < -0.39 is 0 Å². The van der Waals surface area contributed by atoms with Crippen LogP contribution in [0.2, 0.25) is 0 Å². The molecule has 2 aliphatic heterocycles. The first-order valence-corrected chi connectivity index (χ1v) is 11.2. The topological polar surface area (TPSA) is 79.0 Å². The summed E-state index contributed by atoms with van der Waals surface area (Å²) < 4.78 is 5.42. The minimum Gasteiger partial charge on any atom is -0.378 e. The van der Waals surface area contributed by atoms with Crippen LogP contribution in [0.3, 0.4) is 0 Å². The van der Waals surface area contributed by atoms with E-state index in [-0.39, 0.29) is 30.7 Å². The van der Waals surface area contributed by atoms with Crippen molar-refractivity contribution in [3.05, 3.63) is 71.8 Å². The van der Waals surface area contributed by atoms with Gasteiger partial charge in [0, 0.05) is 42.6 Å². The van der Waals surface area contributed by atoms with E-state index in [2.05, 4.69) is 10.2 Å². The summed E-state index contributed by atoms with van der Waals surface area (Å²) in [4.78, 5) is 42.1. The summed E-state index contributed by atoms with van der Waals surface area (Å²) in [7, 11) is 0. The molecule has 0 bridgehead atoms. The van der Waals surface area contributed by atoms with Crippen molar-refractivity contribution in [2.75, 3.05) is 43.1 Å². The Morgan fingerprint density at radius 1 is 0.879 bits per heavy atom. The predicted molar refractivity (Wildman–Crippen MR) is 127 cm³/mol. The highest BCUT2D eigenvalue weighted by Crippen LogP contribution is 2.30. The van der Waals surface area contributed by atoms with E-state index in [9.17, 15) is 14.4 Å². The molecule has 0 radical (unpaired) electrons. The van der Waals surface area contributed by atoms with Crippen molar-refractivity contribution < 1.29 is 19.1 Å². The highest BCUT2D eigenvalue weighted by atomic mass is 16.5. The fourth-order valence-corrected chi connectivity index (χ4v) is 4.55. The van der Waals surface area contributed by atoms with Gasteiger partial charge in [-0.15, -0.1) is 0 Å². The normalized spacial score (nSPS) is 15.8. The van der Waals surface area contributed by atoms with Crippen LogP contribution in [0.4, 0.5) is 11.4 Å². The zero-order valence-corrected chi connectivity index (χ0v) is 18.3. The maximum atomic E-state index is 13.0. The molecule has 2 aliphatic rings. The van der Waals surface area contributed by atoms with Gasteiger partial charge in [-0.25, -0.2) is 0 Å². The quantitative estimate of drug-likeness (QED) is 0.588. The molecular weight excluding hydrogens is 418 g/mol. The number of nitrogens with one attached hydrogen (secondary N) is 1. The molecule has 0 spiro atoms. The van der Waals surface area contributed by atoms with Gasteiger partial charge in [0.1, 0.15) is 0 Å². The average molecular weight is 444 g/mol. The minimum absolute atomic E-state index is 0.143. The van der Waals surface area contributed by atoms with Crippen LogP contribution in [0, 0.1) is 0 Å². The number of amides is 3. The first-order chi connectivity index (χ1) is 16.1. The number of hydrogen-bond donors (Lipinski definition) is 1. The van der Waals surface area contributed by atoms with Gasteiger partial charge in [-0.1, -0.05) is 36.4 Å². The lowest BCUT2D eigenvalue weighted by Gasteiger charge is -2.30. The van der Waals surface area contributed by atoms with E-state index in [0.29, 0.717) is 36.1 Å². The number of morpholine rings is 1. The van der Waals surface area contributed by atoms with Crippen molar-refractivity contribution in [3.63, 3.8) is 0 Å². The number of carbonyl (C=O) groups is 3. The van der Waals surface area contributed by atoms with Crippen LogP contribution in [-0.4, -0.2) is 55.5 Å². The molecule has 1 fully saturated rings. The number of rotatable bonds is 6. The summed E-state index contributed by atoms with van der Waals surface area (Å²) in [6.07, 6.45) is 0.599. The van der Waals surface area contributed by atoms with Gasteiger partial charge in [-0.3, -0.25) is 19.3 Å². The van der Waals surface area contributed by atoms with Gasteiger partial charge >= 0.3 is 0 Å². The summed E-state index contributed by atoms with van der Waals surface area (Å²) in [5.41, 5.74) is 2.80. The standard InChI is InChI=1S/C26H25N3O4/c30-23(27-21-10-1-2-11-22(21)28-14-16-33-17-15-28)12-5-13-29-25(31)19-8-3-6-18-7-4-9-20(24(18)19)26(29)32/h1-4,6-11H,5,12-17H2,(H,27,30). The molecule has 7 heteroatoms. The molecule has 0 atom stereocenters. The lowest BCUT2D eigenvalue weighted by Crippen LogP contribution is -2.41. The number of carbonyl (C=O) groups excluding carboxylic acids is 3. The molecule has 0 unspecified atom stereocenters. The Balaban J connectivity index is 1.23. The molecule has 1 saturated heterocycles. The zero-order chi connectivity index (χ0) is 22.8. The summed E-state index contributed by atoms with van der Waals surface area (Å²) in [6, 6.07) is 18.7. The molecule has 0 aliphatic carbocycles. The number of para-hydroxylation sites is 2. The fraction of sp³-hybridized carbons (Fsp3) is 0.269. The van der Waals surface area contributed by atoms with E-state index in [4.69, 9.17) is 4.74 Å². The Hall–Kier alpha value is -3.71. The first kappa shape index (κ1) is 21.2. The van der Waals surface area contributed by atoms with Gasteiger partial charge < -0.3 is 15.0 Å². The zero-order valence-electron chi connectivity index (χ0n) is 18.3. The summed E-state index contributed by atoms with van der Waals surface area (Å²) in [6.45, 7) is 3.08. The third-order valence-corrected chi connectivity index (χ3v) is 6.17. The average Bonchev–Trinajstić information content (AvgIpc) is 2.85. The van der Waals surface area contributed by atoms with Crippen LogP contribution in [-0.2, 0) is 9.53 Å². The summed E-state index contributed by atoms with van der Waals surface area (Å²) in [5, 5.41) is 4.58. The summed E-state index contributed by atoms with van der Waals surface area (Å²) >= 11 is 0. The SMILES string of the molecule is O=C(CCCN1C(=O)c2cccc3cccc(c23)C1=O)Nc1ccccc1N1CCOCC1. The van der Waals surface area contributed by atoms with Crippen LogP contribution < -0.4 is 10.2 Å². The number of ether oxygens (including phenoxy) is 1. The van der Waals surface area contributed by atoms with E-state index in [1.54, 1.807) is 12.1 Å². The second-order valence-electron chi connectivity index (χ2n) is 8.24. The first-order valence-electron chi connectivity index (χ1n) is 11.2. The molecule has 7 nitrogen and oxygen atoms in total. The maximum absolute atomic E-state index is 13.0. The second kappa shape index (κ2) is 9.03. The van der Waals surface area contributed by atoms with E-state index in [0.717, 1.165) is 29.9 Å². The van der Waals surface area contributed by atoms with Gasteiger partial charge in [0.15, 0.2) is 0 Å². The molecule has 33 heavy (non-hydrogen) atoms. The lowest BCUT2D eigenvalue weighted by molar-refractivity contribution is -0.116. The number of nitrogens with zero attached hydrogens (tertiary/aromatic N) is 2. The number of benzene rings is 3. The van der Waals surface area contributed by atoms with Gasteiger partial charge in [0.05, 0.1) is 24.6 Å². The highest BCUT2D eigenvalue weighted by Gasteiger charge is 2.32. The predicted octanol–water partition coefficient (Wildman–Crippen LogP) is 3.69. The molecule has 0 saturated carbocycles. The van der Waals surface area contributed by atoms with Crippen molar-refractivity contribution in [2.24, 2.45) is 0 Å². The fourth-order valence-electron chi connectivity index (χ4n) is 4.55. The summed E-state index contributed by atoms with van der Waals surface area (Å²) in [5.74, 6) is -0.750. The van der Waals surface area contributed by atoms with Gasteiger partial charge in [0.25, 0.3) is 11.8 Å². The monoisotopic (exact) mass is 443 g/mol. The molecule has 0 aromatic heterocycles. The Kier molecular flexibility index (Phi) is 5.79.